The van der Waals surface area contributed by atoms with Crippen molar-refractivity contribution in [2.75, 3.05) is 6.54 Å². The minimum absolute atomic E-state index is 0.103. The van der Waals surface area contributed by atoms with Crippen LogP contribution in [0, 0.1) is 0 Å². The largest absolute Gasteiger partial charge is 0.478 e. The summed E-state index contributed by atoms with van der Waals surface area (Å²) in [5, 5.41) is 9.24. The Hall–Kier alpha value is -2.69. The highest BCUT2D eigenvalue weighted by Gasteiger charge is 2.24. The van der Waals surface area contributed by atoms with E-state index in [1.54, 1.807) is 11.1 Å². The number of rotatable bonds is 5. The molecule has 0 atom stereocenters. The van der Waals surface area contributed by atoms with Gasteiger partial charge in [0.1, 0.15) is 0 Å². The third-order valence-electron chi connectivity index (χ3n) is 4.78. The van der Waals surface area contributed by atoms with Crippen LogP contribution in [0.3, 0.4) is 0 Å². The fourth-order valence-electron chi connectivity index (χ4n) is 3.24. The number of carbonyl (C=O) groups is 2. The Morgan fingerprint density at radius 3 is 2.56 bits per heavy atom. The van der Waals surface area contributed by atoms with Crippen molar-refractivity contribution >= 4 is 11.9 Å². The summed E-state index contributed by atoms with van der Waals surface area (Å²) in [6, 6.07) is 8.38. The summed E-state index contributed by atoms with van der Waals surface area (Å²) in [6.45, 7) is 3.12. The maximum absolute atomic E-state index is 12.5. The summed E-state index contributed by atoms with van der Waals surface area (Å²) in [4.78, 5) is 29.6. The number of hydrogen-bond donors (Lipinski definition) is 1. The monoisotopic (exact) mass is 338 g/mol. The molecule has 2 aromatic rings. The average molecular weight is 338 g/mol. The number of amides is 1. The molecule has 130 valence electrons. The lowest BCUT2D eigenvalue weighted by Gasteiger charge is -2.29. The van der Waals surface area contributed by atoms with Crippen LogP contribution in [0.1, 0.15) is 46.0 Å². The molecule has 25 heavy (non-hydrogen) atoms. The van der Waals surface area contributed by atoms with Gasteiger partial charge in [-0.15, -0.1) is 0 Å². The van der Waals surface area contributed by atoms with Gasteiger partial charge in [-0.05, 0) is 41.5 Å². The second-order valence-electron chi connectivity index (χ2n) is 6.37. The molecule has 1 aliphatic heterocycles. The van der Waals surface area contributed by atoms with Crippen LogP contribution < -0.4 is 0 Å². The summed E-state index contributed by atoms with van der Waals surface area (Å²) < 4.78 is 0. The molecule has 1 aliphatic rings. The number of pyridine rings is 1. The number of fused-ring (bicyclic) bond motifs is 1. The van der Waals surface area contributed by atoms with Crippen LogP contribution in [-0.2, 0) is 30.6 Å². The van der Waals surface area contributed by atoms with E-state index >= 15 is 0 Å². The fraction of sp³-hybridized carbons (Fsp3) is 0.350. The van der Waals surface area contributed by atoms with Crippen molar-refractivity contribution in [1.82, 2.24) is 9.88 Å². The third kappa shape index (κ3) is 3.87. The Bertz CT molecular complexity index is 784. The zero-order chi connectivity index (χ0) is 17.8. The normalized spacial score (nSPS) is 13.4. The summed E-state index contributed by atoms with van der Waals surface area (Å²) in [7, 11) is 0. The number of aryl methyl sites for hydroxylation is 2. The predicted molar refractivity (Wildman–Crippen MR) is 94.5 cm³/mol. The highest BCUT2D eigenvalue weighted by atomic mass is 16.4. The molecule has 0 aliphatic carbocycles. The number of benzene rings is 1. The van der Waals surface area contributed by atoms with E-state index in [2.05, 4.69) is 36.2 Å². The number of aromatic carboxylic acids is 1. The van der Waals surface area contributed by atoms with E-state index in [1.165, 1.54) is 11.8 Å². The van der Waals surface area contributed by atoms with Crippen molar-refractivity contribution in [2.24, 2.45) is 0 Å². The van der Waals surface area contributed by atoms with Crippen LogP contribution in [0.25, 0.3) is 0 Å². The second kappa shape index (κ2) is 7.47. The van der Waals surface area contributed by atoms with Crippen molar-refractivity contribution in [3.8, 4) is 0 Å². The molecular weight excluding hydrogens is 316 g/mol. The molecule has 0 radical (unpaired) electrons. The molecule has 1 aromatic carbocycles. The van der Waals surface area contributed by atoms with Crippen LogP contribution in [-0.4, -0.2) is 33.4 Å². The van der Waals surface area contributed by atoms with Crippen LogP contribution in [0.5, 0.6) is 0 Å². The Labute approximate surface area is 147 Å². The molecule has 5 heteroatoms. The number of hydrogen-bond acceptors (Lipinski definition) is 3. The molecule has 0 unspecified atom stereocenters. The van der Waals surface area contributed by atoms with Crippen molar-refractivity contribution in [1.29, 1.82) is 0 Å². The molecule has 0 saturated heterocycles. The van der Waals surface area contributed by atoms with E-state index in [4.69, 9.17) is 0 Å². The fourth-order valence-corrected chi connectivity index (χ4v) is 3.24. The Morgan fingerprint density at radius 2 is 1.88 bits per heavy atom. The molecular formula is C20H22N2O3. The number of carbonyl (C=O) groups excluding carboxylic acids is 1. The molecule has 0 fully saturated rings. The van der Waals surface area contributed by atoms with E-state index in [9.17, 15) is 14.7 Å². The van der Waals surface area contributed by atoms with Gasteiger partial charge < -0.3 is 10.0 Å². The van der Waals surface area contributed by atoms with Crippen molar-refractivity contribution < 1.29 is 14.7 Å². The van der Waals surface area contributed by atoms with Crippen LogP contribution in [0.2, 0.25) is 0 Å². The standard InChI is InChI=1S/C20H22N2O3/c1-2-14-3-5-15(6-4-14)7-8-19(23)22-10-9-17-16(13-22)11-21-12-18(17)20(24)25/h3-6,11-12H,2,7-10,13H2,1H3,(H,24,25). The molecule has 3 rings (SSSR count). The topological polar surface area (TPSA) is 70.5 Å². The van der Waals surface area contributed by atoms with Gasteiger partial charge in [-0.3, -0.25) is 9.78 Å². The Kier molecular flexibility index (Phi) is 5.12. The average Bonchev–Trinajstić information content (AvgIpc) is 2.65. The van der Waals surface area contributed by atoms with E-state index in [0.29, 0.717) is 25.9 Å². The highest BCUT2D eigenvalue weighted by molar-refractivity contribution is 5.89. The van der Waals surface area contributed by atoms with Crippen LogP contribution in [0.4, 0.5) is 0 Å². The summed E-state index contributed by atoms with van der Waals surface area (Å²) in [5.41, 5.74) is 4.36. The van der Waals surface area contributed by atoms with Crippen molar-refractivity contribution in [2.45, 2.75) is 39.2 Å². The van der Waals surface area contributed by atoms with Gasteiger partial charge in [0, 0.05) is 31.9 Å². The summed E-state index contributed by atoms with van der Waals surface area (Å²) >= 11 is 0. The lowest BCUT2D eigenvalue weighted by atomic mass is 9.96. The van der Waals surface area contributed by atoms with Gasteiger partial charge in [0.2, 0.25) is 5.91 Å². The first kappa shape index (κ1) is 17.1. The minimum atomic E-state index is -0.959. The summed E-state index contributed by atoms with van der Waals surface area (Å²) in [6.07, 6.45) is 5.82. The van der Waals surface area contributed by atoms with Crippen LogP contribution in [0.15, 0.2) is 36.7 Å². The number of nitrogens with zero attached hydrogens (tertiary/aromatic N) is 2. The quantitative estimate of drug-likeness (QED) is 0.910. The first-order chi connectivity index (χ1) is 12.1. The zero-order valence-corrected chi connectivity index (χ0v) is 14.4. The highest BCUT2D eigenvalue weighted by Crippen LogP contribution is 2.22. The third-order valence-corrected chi connectivity index (χ3v) is 4.78. The van der Waals surface area contributed by atoms with Gasteiger partial charge in [-0.1, -0.05) is 31.2 Å². The summed E-state index contributed by atoms with van der Waals surface area (Å²) in [5.74, 6) is -0.856. The van der Waals surface area contributed by atoms with Crippen molar-refractivity contribution in [3.63, 3.8) is 0 Å². The Morgan fingerprint density at radius 1 is 1.16 bits per heavy atom. The Balaban J connectivity index is 1.62. The molecule has 1 aromatic heterocycles. The molecule has 1 amide bonds. The molecule has 0 spiro atoms. The second-order valence-corrected chi connectivity index (χ2v) is 6.37. The van der Waals surface area contributed by atoms with E-state index in [-0.39, 0.29) is 11.5 Å². The molecule has 1 N–H and O–H groups in total. The number of carboxylic acid groups (broad SMARTS) is 1. The first-order valence-corrected chi connectivity index (χ1v) is 8.63. The maximum atomic E-state index is 12.5. The molecule has 2 heterocycles. The van der Waals surface area contributed by atoms with Crippen LogP contribution >= 0.6 is 0 Å². The lowest BCUT2D eigenvalue weighted by molar-refractivity contribution is -0.132. The van der Waals surface area contributed by atoms with E-state index in [0.717, 1.165) is 29.5 Å². The van der Waals surface area contributed by atoms with Gasteiger partial charge >= 0.3 is 5.97 Å². The van der Waals surface area contributed by atoms with Gasteiger partial charge in [0.25, 0.3) is 0 Å². The molecule has 5 nitrogen and oxygen atoms in total. The van der Waals surface area contributed by atoms with E-state index < -0.39 is 5.97 Å². The first-order valence-electron chi connectivity index (χ1n) is 8.63. The predicted octanol–water partition coefficient (Wildman–Crippen LogP) is 2.86. The smallest absolute Gasteiger partial charge is 0.337 e. The lowest BCUT2D eigenvalue weighted by Crippen LogP contribution is -2.36. The van der Waals surface area contributed by atoms with Crippen molar-refractivity contribution in [3.05, 3.63) is 64.5 Å². The van der Waals surface area contributed by atoms with E-state index in [1.807, 2.05) is 0 Å². The molecule has 0 bridgehead atoms. The number of carboxylic acids is 1. The van der Waals surface area contributed by atoms with Gasteiger partial charge in [0.05, 0.1) is 5.56 Å². The minimum Gasteiger partial charge on any atom is -0.478 e. The van der Waals surface area contributed by atoms with Gasteiger partial charge in [-0.2, -0.15) is 0 Å². The maximum Gasteiger partial charge on any atom is 0.337 e. The van der Waals surface area contributed by atoms with Gasteiger partial charge in [-0.25, -0.2) is 4.79 Å². The molecule has 0 saturated carbocycles. The zero-order valence-electron chi connectivity index (χ0n) is 14.4. The van der Waals surface area contributed by atoms with Gasteiger partial charge in [0.15, 0.2) is 0 Å². The SMILES string of the molecule is CCc1ccc(CCC(=O)N2CCc3c(cncc3C(=O)O)C2)cc1. The number of aromatic nitrogens is 1.